The third-order valence-corrected chi connectivity index (χ3v) is 3.60. The van der Waals surface area contributed by atoms with Gasteiger partial charge in [-0.1, -0.05) is 6.92 Å². The Morgan fingerprint density at radius 2 is 2.00 bits per heavy atom. The fourth-order valence-electron chi connectivity index (χ4n) is 3.01. The summed E-state index contributed by atoms with van der Waals surface area (Å²) in [7, 11) is 0. The molecule has 1 heteroatoms. The molecular weight excluding hydrogens is 136 g/mol. The molecule has 0 amide bonds. The quantitative estimate of drug-likeness (QED) is 0.593. The van der Waals surface area contributed by atoms with E-state index in [0.29, 0.717) is 6.10 Å². The van der Waals surface area contributed by atoms with Crippen molar-refractivity contribution in [1.82, 2.24) is 0 Å². The van der Waals surface area contributed by atoms with E-state index in [1.54, 1.807) is 0 Å². The molecule has 1 nitrogen and oxygen atoms in total. The van der Waals surface area contributed by atoms with Gasteiger partial charge in [0.05, 0.1) is 6.10 Å². The SMILES string of the molecule is CCOC1C2CCC(C2)C1C. The summed E-state index contributed by atoms with van der Waals surface area (Å²) in [5, 5.41) is 0. The first-order chi connectivity index (χ1) is 5.33. The van der Waals surface area contributed by atoms with Crippen molar-refractivity contribution in [1.29, 1.82) is 0 Å². The van der Waals surface area contributed by atoms with E-state index in [1.165, 1.54) is 19.3 Å². The van der Waals surface area contributed by atoms with Gasteiger partial charge in [-0.2, -0.15) is 0 Å². The third-order valence-electron chi connectivity index (χ3n) is 3.60. The number of hydrogen-bond donors (Lipinski definition) is 0. The number of fused-ring (bicyclic) bond motifs is 2. The normalized spacial score (nSPS) is 48.5. The van der Waals surface area contributed by atoms with Crippen LogP contribution in [0.1, 0.15) is 33.1 Å². The second kappa shape index (κ2) is 2.78. The van der Waals surface area contributed by atoms with Gasteiger partial charge in [0.2, 0.25) is 0 Å². The molecule has 64 valence electrons. The van der Waals surface area contributed by atoms with Gasteiger partial charge in [0.15, 0.2) is 0 Å². The smallest absolute Gasteiger partial charge is 0.0631 e. The van der Waals surface area contributed by atoms with Crippen LogP contribution < -0.4 is 0 Å². The van der Waals surface area contributed by atoms with Crippen molar-refractivity contribution in [2.75, 3.05) is 6.61 Å². The summed E-state index contributed by atoms with van der Waals surface area (Å²) < 4.78 is 5.75. The Morgan fingerprint density at radius 1 is 1.27 bits per heavy atom. The molecular formula is C10H18O. The van der Waals surface area contributed by atoms with Crippen LogP contribution in [0.2, 0.25) is 0 Å². The van der Waals surface area contributed by atoms with Crippen LogP contribution in [0.5, 0.6) is 0 Å². The highest BCUT2D eigenvalue weighted by Crippen LogP contribution is 2.49. The van der Waals surface area contributed by atoms with Crippen LogP contribution in [0, 0.1) is 17.8 Å². The van der Waals surface area contributed by atoms with Crippen LogP contribution in [0.3, 0.4) is 0 Å². The Bertz CT molecular complexity index is 142. The molecule has 0 spiro atoms. The molecule has 4 atom stereocenters. The molecule has 0 aromatic heterocycles. The summed E-state index contributed by atoms with van der Waals surface area (Å²) >= 11 is 0. The molecule has 0 aromatic rings. The zero-order valence-corrected chi connectivity index (χ0v) is 7.55. The van der Waals surface area contributed by atoms with E-state index in [4.69, 9.17) is 4.74 Å². The van der Waals surface area contributed by atoms with Crippen LogP contribution in [-0.4, -0.2) is 12.7 Å². The van der Waals surface area contributed by atoms with E-state index in [1.807, 2.05) is 0 Å². The highest BCUT2D eigenvalue weighted by molar-refractivity contribution is 4.95. The van der Waals surface area contributed by atoms with Gasteiger partial charge < -0.3 is 4.74 Å². The molecule has 2 aliphatic carbocycles. The minimum Gasteiger partial charge on any atom is -0.378 e. The largest absolute Gasteiger partial charge is 0.378 e. The first-order valence-corrected chi connectivity index (χ1v) is 4.94. The number of rotatable bonds is 2. The van der Waals surface area contributed by atoms with Crippen LogP contribution in [0.25, 0.3) is 0 Å². The van der Waals surface area contributed by atoms with Gasteiger partial charge in [-0.05, 0) is 43.9 Å². The van der Waals surface area contributed by atoms with Crippen LogP contribution in [-0.2, 0) is 4.74 Å². The van der Waals surface area contributed by atoms with Gasteiger partial charge in [0.25, 0.3) is 0 Å². The van der Waals surface area contributed by atoms with E-state index in [-0.39, 0.29) is 0 Å². The Hall–Kier alpha value is -0.0400. The summed E-state index contributed by atoms with van der Waals surface area (Å²) in [6.07, 6.45) is 4.96. The number of hydrogen-bond acceptors (Lipinski definition) is 1. The Labute approximate surface area is 69.1 Å². The van der Waals surface area contributed by atoms with E-state index in [2.05, 4.69) is 13.8 Å². The molecule has 2 bridgehead atoms. The summed E-state index contributed by atoms with van der Waals surface area (Å²) in [6, 6.07) is 0. The van der Waals surface area contributed by atoms with Crippen molar-refractivity contribution in [2.45, 2.75) is 39.2 Å². The molecule has 0 heterocycles. The van der Waals surface area contributed by atoms with Gasteiger partial charge in [-0.15, -0.1) is 0 Å². The molecule has 0 aromatic carbocycles. The van der Waals surface area contributed by atoms with Crippen LogP contribution >= 0.6 is 0 Å². The second-order valence-electron chi connectivity index (χ2n) is 4.11. The van der Waals surface area contributed by atoms with Crippen molar-refractivity contribution >= 4 is 0 Å². The monoisotopic (exact) mass is 154 g/mol. The maximum Gasteiger partial charge on any atom is 0.0631 e. The Morgan fingerprint density at radius 3 is 2.55 bits per heavy atom. The zero-order chi connectivity index (χ0) is 7.84. The van der Waals surface area contributed by atoms with Gasteiger partial charge in [0.1, 0.15) is 0 Å². The van der Waals surface area contributed by atoms with Crippen LogP contribution in [0.15, 0.2) is 0 Å². The lowest BCUT2D eigenvalue weighted by molar-refractivity contribution is -0.00726. The van der Waals surface area contributed by atoms with Crippen molar-refractivity contribution in [3.05, 3.63) is 0 Å². The van der Waals surface area contributed by atoms with E-state index < -0.39 is 0 Å². The minimum absolute atomic E-state index is 0.610. The fraction of sp³-hybridized carbons (Fsp3) is 1.00. The van der Waals surface area contributed by atoms with Gasteiger partial charge in [-0.25, -0.2) is 0 Å². The second-order valence-corrected chi connectivity index (χ2v) is 4.11. The molecule has 0 saturated heterocycles. The van der Waals surface area contributed by atoms with Crippen molar-refractivity contribution in [2.24, 2.45) is 17.8 Å². The fourth-order valence-corrected chi connectivity index (χ4v) is 3.01. The van der Waals surface area contributed by atoms with Gasteiger partial charge in [0, 0.05) is 6.61 Å². The lowest BCUT2D eigenvalue weighted by Gasteiger charge is -2.27. The third kappa shape index (κ3) is 1.10. The Kier molecular flexibility index (Phi) is 1.92. The highest BCUT2D eigenvalue weighted by Gasteiger charge is 2.45. The predicted octanol–water partition coefficient (Wildman–Crippen LogP) is 2.46. The summed E-state index contributed by atoms with van der Waals surface area (Å²) in [6.45, 7) is 5.38. The molecule has 11 heavy (non-hydrogen) atoms. The lowest BCUT2D eigenvalue weighted by Crippen LogP contribution is -2.28. The predicted molar refractivity (Wildman–Crippen MR) is 45.4 cm³/mol. The topological polar surface area (TPSA) is 9.23 Å². The maximum atomic E-state index is 5.75. The molecule has 2 saturated carbocycles. The molecule has 0 aliphatic heterocycles. The molecule has 4 unspecified atom stereocenters. The first-order valence-electron chi connectivity index (χ1n) is 4.94. The van der Waals surface area contributed by atoms with Crippen molar-refractivity contribution in [3.63, 3.8) is 0 Å². The first kappa shape index (κ1) is 7.60. The molecule has 0 radical (unpaired) electrons. The zero-order valence-electron chi connectivity index (χ0n) is 7.55. The standard InChI is InChI=1S/C10H18O/c1-3-11-10-7(2)8-4-5-9(10)6-8/h7-10H,3-6H2,1-2H3. The van der Waals surface area contributed by atoms with E-state index >= 15 is 0 Å². The summed E-state index contributed by atoms with van der Waals surface area (Å²) in [5.41, 5.74) is 0. The maximum absolute atomic E-state index is 5.75. The molecule has 2 rings (SSSR count). The number of ether oxygens (including phenoxy) is 1. The molecule has 2 fully saturated rings. The van der Waals surface area contributed by atoms with Crippen molar-refractivity contribution < 1.29 is 4.74 Å². The van der Waals surface area contributed by atoms with Gasteiger partial charge in [-0.3, -0.25) is 0 Å². The van der Waals surface area contributed by atoms with Crippen LogP contribution in [0.4, 0.5) is 0 Å². The van der Waals surface area contributed by atoms with Gasteiger partial charge >= 0.3 is 0 Å². The average Bonchev–Trinajstić information content (AvgIpc) is 2.54. The summed E-state index contributed by atoms with van der Waals surface area (Å²) in [5.74, 6) is 2.75. The Balaban J connectivity index is 2.00. The highest BCUT2D eigenvalue weighted by atomic mass is 16.5. The summed E-state index contributed by atoms with van der Waals surface area (Å²) in [4.78, 5) is 0. The van der Waals surface area contributed by atoms with E-state index in [9.17, 15) is 0 Å². The minimum atomic E-state index is 0.610. The van der Waals surface area contributed by atoms with E-state index in [0.717, 1.165) is 24.4 Å². The molecule has 2 aliphatic rings. The van der Waals surface area contributed by atoms with Crippen molar-refractivity contribution in [3.8, 4) is 0 Å². The lowest BCUT2D eigenvalue weighted by atomic mass is 9.88. The average molecular weight is 154 g/mol. The molecule has 0 N–H and O–H groups in total.